The Morgan fingerprint density at radius 1 is 1.35 bits per heavy atom. The molecule has 2 aromatic heterocycles. The number of nitrogens with one attached hydrogen (secondary N) is 1. The number of aromatic nitrogens is 4. The number of aryl methyl sites for hydroxylation is 1. The Bertz CT molecular complexity index is 773. The predicted molar refractivity (Wildman–Crippen MR) is 74.1 cm³/mol. The van der Waals surface area contributed by atoms with Crippen LogP contribution in [0.15, 0.2) is 35.1 Å². The SMILES string of the molecule is Cn1ccnc1-c1noc(-c2ccc3c(c2)CCN3)n1. The molecule has 1 aromatic carbocycles. The molecule has 1 N–H and O–H groups in total. The van der Waals surface area contributed by atoms with E-state index in [0.717, 1.165) is 18.5 Å². The van der Waals surface area contributed by atoms with Gasteiger partial charge in [-0.05, 0) is 30.2 Å². The highest BCUT2D eigenvalue weighted by atomic mass is 16.5. The summed E-state index contributed by atoms with van der Waals surface area (Å²) in [6, 6.07) is 6.15. The van der Waals surface area contributed by atoms with E-state index in [1.165, 1.54) is 11.3 Å². The van der Waals surface area contributed by atoms with Crippen LogP contribution < -0.4 is 5.32 Å². The third-order valence-corrected chi connectivity index (χ3v) is 3.51. The van der Waals surface area contributed by atoms with Gasteiger partial charge in [-0.25, -0.2) is 4.98 Å². The van der Waals surface area contributed by atoms with E-state index in [-0.39, 0.29) is 0 Å². The average molecular weight is 267 g/mol. The van der Waals surface area contributed by atoms with Gasteiger partial charge in [0.05, 0.1) is 0 Å². The van der Waals surface area contributed by atoms with E-state index in [9.17, 15) is 0 Å². The van der Waals surface area contributed by atoms with Crippen LogP contribution in [0.2, 0.25) is 0 Å². The Kier molecular flexibility index (Phi) is 2.35. The lowest BCUT2D eigenvalue weighted by Gasteiger charge is -2.00. The molecule has 1 aliphatic heterocycles. The van der Waals surface area contributed by atoms with E-state index in [2.05, 4.69) is 32.6 Å². The summed E-state index contributed by atoms with van der Waals surface area (Å²) in [6.45, 7) is 0.987. The summed E-state index contributed by atoms with van der Waals surface area (Å²) in [5.41, 5.74) is 3.43. The number of anilines is 1. The van der Waals surface area contributed by atoms with Gasteiger partial charge < -0.3 is 14.4 Å². The Labute approximate surface area is 115 Å². The molecule has 0 bridgehead atoms. The third-order valence-electron chi connectivity index (χ3n) is 3.51. The molecule has 3 heterocycles. The van der Waals surface area contributed by atoms with Gasteiger partial charge >= 0.3 is 0 Å². The van der Waals surface area contributed by atoms with Crippen molar-refractivity contribution in [2.45, 2.75) is 6.42 Å². The number of imidazole rings is 1. The predicted octanol–water partition coefficient (Wildman–Crippen LogP) is 2.11. The van der Waals surface area contributed by atoms with E-state index in [0.29, 0.717) is 17.5 Å². The van der Waals surface area contributed by atoms with Crippen molar-refractivity contribution in [3.63, 3.8) is 0 Å². The van der Waals surface area contributed by atoms with Crippen LogP contribution in [0.3, 0.4) is 0 Å². The first kappa shape index (κ1) is 11.2. The van der Waals surface area contributed by atoms with Crippen molar-refractivity contribution in [2.75, 3.05) is 11.9 Å². The van der Waals surface area contributed by atoms with Gasteiger partial charge in [-0.3, -0.25) is 0 Å². The lowest BCUT2D eigenvalue weighted by molar-refractivity contribution is 0.431. The maximum absolute atomic E-state index is 5.35. The molecule has 0 radical (unpaired) electrons. The molecule has 6 nitrogen and oxygen atoms in total. The Morgan fingerprint density at radius 2 is 2.30 bits per heavy atom. The monoisotopic (exact) mass is 267 g/mol. The van der Waals surface area contributed by atoms with Crippen LogP contribution in [-0.4, -0.2) is 26.2 Å². The van der Waals surface area contributed by atoms with Gasteiger partial charge in [-0.15, -0.1) is 0 Å². The second kappa shape index (κ2) is 4.19. The Hall–Kier alpha value is -2.63. The maximum Gasteiger partial charge on any atom is 0.258 e. The lowest BCUT2D eigenvalue weighted by Crippen LogP contribution is -1.92. The van der Waals surface area contributed by atoms with Gasteiger partial charge in [-0.2, -0.15) is 4.98 Å². The van der Waals surface area contributed by atoms with Crippen LogP contribution in [0.25, 0.3) is 23.1 Å². The smallest absolute Gasteiger partial charge is 0.258 e. The molecular weight excluding hydrogens is 254 g/mol. The summed E-state index contributed by atoms with van der Waals surface area (Å²) in [7, 11) is 1.90. The lowest BCUT2D eigenvalue weighted by atomic mass is 10.1. The zero-order chi connectivity index (χ0) is 13.5. The Balaban J connectivity index is 1.73. The fourth-order valence-corrected chi connectivity index (χ4v) is 2.45. The van der Waals surface area contributed by atoms with E-state index in [4.69, 9.17) is 4.52 Å². The normalized spacial score (nSPS) is 13.2. The van der Waals surface area contributed by atoms with Crippen molar-refractivity contribution >= 4 is 5.69 Å². The molecule has 0 saturated carbocycles. The fraction of sp³-hybridized carbons (Fsp3) is 0.214. The standard InChI is InChI=1S/C14H13N5O/c1-19-7-6-16-13(19)12-17-14(20-18-12)10-2-3-11-9(8-10)4-5-15-11/h2-3,6-8,15H,4-5H2,1H3. The Morgan fingerprint density at radius 3 is 3.15 bits per heavy atom. The number of rotatable bonds is 2. The molecule has 0 fully saturated rings. The van der Waals surface area contributed by atoms with Crippen LogP contribution in [0.4, 0.5) is 5.69 Å². The quantitative estimate of drug-likeness (QED) is 0.770. The molecule has 0 saturated heterocycles. The minimum atomic E-state index is 0.506. The highest BCUT2D eigenvalue weighted by Crippen LogP contribution is 2.28. The van der Waals surface area contributed by atoms with E-state index in [1.54, 1.807) is 6.20 Å². The van der Waals surface area contributed by atoms with Crippen molar-refractivity contribution in [1.82, 2.24) is 19.7 Å². The molecule has 0 amide bonds. The first-order valence-corrected chi connectivity index (χ1v) is 6.50. The number of hydrogen-bond acceptors (Lipinski definition) is 5. The second-order valence-corrected chi connectivity index (χ2v) is 4.83. The van der Waals surface area contributed by atoms with Gasteiger partial charge in [0.2, 0.25) is 5.82 Å². The molecule has 0 unspecified atom stereocenters. The largest absolute Gasteiger partial charge is 0.384 e. The summed E-state index contributed by atoms with van der Waals surface area (Å²) in [5, 5.41) is 7.34. The van der Waals surface area contributed by atoms with Crippen LogP contribution >= 0.6 is 0 Å². The number of benzene rings is 1. The number of nitrogens with zero attached hydrogens (tertiary/aromatic N) is 4. The number of hydrogen-bond donors (Lipinski definition) is 1. The summed E-state index contributed by atoms with van der Waals surface area (Å²) in [6.07, 6.45) is 4.60. The van der Waals surface area contributed by atoms with E-state index in [1.807, 2.05) is 23.9 Å². The number of fused-ring (bicyclic) bond motifs is 1. The third kappa shape index (κ3) is 1.69. The second-order valence-electron chi connectivity index (χ2n) is 4.83. The minimum Gasteiger partial charge on any atom is -0.384 e. The molecule has 3 aromatic rings. The average Bonchev–Trinajstić information content (AvgIpc) is 3.17. The van der Waals surface area contributed by atoms with Crippen molar-refractivity contribution in [3.8, 4) is 23.1 Å². The van der Waals surface area contributed by atoms with Crippen LogP contribution in [0.1, 0.15) is 5.56 Å². The molecular formula is C14H13N5O. The highest BCUT2D eigenvalue weighted by Gasteiger charge is 2.16. The van der Waals surface area contributed by atoms with Crippen molar-refractivity contribution in [2.24, 2.45) is 7.05 Å². The van der Waals surface area contributed by atoms with Crippen molar-refractivity contribution < 1.29 is 4.52 Å². The van der Waals surface area contributed by atoms with Gasteiger partial charge in [0.1, 0.15) is 0 Å². The van der Waals surface area contributed by atoms with Crippen LogP contribution in [0, 0.1) is 0 Å². The fourth-order valence-electron chi connectivity index (χ4n) is 2.45. The molecule has 0 aliphatic carbocycles. The summed E-state index contributed by atoms with van der Waals surface area (Å²) < 4.78 is 7.22. The van der Waals surface area contributed by atoms with Crippen LogP contribution in [-0.2, 0) is 13.5 Å². The van der Waals surface area contributed by atoms with E-state index >= 15 is 0 Å². The first-order chi connectivity index (χ1) is 9.81. The molecule has 0 atom stereocenters. The van der Waals surface area contributed by atoms with Crippen molar-refractivity contribution in [3.05, 3.63) is 36.2 Å². The van der Waals surface area contributed by atoms with Gasteiger partial charge in [-0.1, -0.05) is 5.16 Å². The van der Waals surface area contributed by atoms with Crippen LogP contribution in [0.5, 0.6) is 0 Å². The maximum atomic E-state index is 5.35. The zero-order valence-electron chi connectivity index (χ0n) is 11.0. The summed E-state index contributed by atoms with van der Waals surface area (Å²) >= 11 is 0. The minimum absolute atomic E-state index is 0.506. The highest BCUT2D eigenvalue weighted by molar-refractivity contribution is 5.65. The van der Waals surface area contributed by atoms with Gasteiger partial charge in [0.25, 0.3) is 5.89 Å². The molecule has 4 rings (SSSR count). The zero-order valence-corrected chi connectivity index (χ0v) is 11.0. The van der Waals surface area contributed by atoms with E-state index < -0.39 is 0 Å². The topological polar surface area (TPSA) is 68.8 Å². The molecule has 6 heteroatoms. The van der Waals surface area contributed by atoms with Gasteiger partial charge in [0.15, 0.2) is 5.82 Å². The molecule has 0 spiro atoms. The molecule has 100 valence electrons. The first-order valence-electron chi connectivity index (χ1n) is 6.50. The van der Waals surface area contributed by atoms with Gasteiger partial charge in [0, 0.05) is 37.2 Å². The molecule has 1 aliphatic rings. The summed E-state index contributed by atoms with van der Waals surface area (Å²) in [4.78, 5) is 8.65. The summed E-state index contributed by atoms with van der Waals surface area (Å²) in [5.74, 6) is 1.73. The molecule has 20 heavy (non-hydrogen) atoms. The van der Waals surface area contributed by atoms with Crippen molar-refractivity contribution in [1.29, 1.82) is 0 Å².